The molecule has 0 saturated carbocycles. The van der Waals surface area contributed by atoms with Crippen molar-refractivity contribution in [2.45, 2.75) is 79.2 Å². The summed E-state index contributed by atoms with van der Waals surface area (Å²) in [6, 6.07) is 1.01. The molecule has 0 aromatic carbocycles. The number of hydrogen-bond donors (Lipinski definition) is 1. The van der Waals surface area contributed by atoms with E-state index in [4.69, 9.17) is 0 Å². The van der Waals surface area contributed by atoms with Gasteiger partial charge in [-0.3, -0.25) is 5.32 Å². The molecule has 98 valence electrons. The van der Waals surface area contributed by atoms with Gasteiger partial charge in [0.1, 0.15) is 0 Å². The molecule has 0 spiro atoms. The van der Waals surface area contributed by atoms with Gasteiger partial charge in [-0.2, -0.15) is 0 Å². The summed E-state index contributed by atoms with van der Waals surface area (Å²) in [7, 11) is 2.16. The largest absolute Gasteiger partial charge is 0.299 e. The van der Waals surface area contributed by atoms with Gasteiger partial charge in [-0.25, -0.2) is 10.0 Å². The van der Waals surface area contributed by atoms with Crippen molar-refractivity contribution in [3.05, 3.63) is 0 Å². The molecule has 3 heteroatoms. The van der Waals surface area contributed by atoms with E-state index in [1.807, 2.05) is 0 Å². The molecule has 0 aromatic heterocycles. The van der Waals surface area contributed by atoms with Crippen molar-refractivity contribution in [1.29, 1.82) is 0 Å². The Morgan fingerprint density at radius 2 is 1.38 bits per heavy atom. The predicted molar refractivity (Wildman–Crippen MR) is 72.2 cm³/mol. The zero-order valence-corrected chi connectivity index (χ0v) is 12.6. The fraction of sp³-hybridized carbons (Fsp3) is 1.00. The average Bonchev–Trinajstić information content (AvgIpc) is 1.98. The molecular formula is C13H31N3. The van der Waals surface area contributed by atoms with E-state index in [2.05, 4.69) is 77.8 Å². The Labute approximate surface area is 102 Å². The lowest BCUT2D eigenvalue weighted by Gasteiger charge is -2.47. The number of rotatable bonds is 5. The molecule has 0 heterocycles. The van der Waals surface area contributed by atoms with Gasteiger partial charge in [-0.15, -0.1) is 0 Å². The van der Waals surface area contributed by atoms with Crippen LogP contribution in [0.4, 0.5) is 0 Å². The van der Waals surface area contributed by atoms with Gasteiger partial charge in [0, 0.05) is 24.7 Å². The van der Waals surface area contributed by atoms with Crippen molar-refractivity contribution in [3.8, 4) is 0 Å². The minimum Gasteiger partial charge on any atom is -0.299 e. The summed E-state index contributed by atoms with van der Waals surface area (Å²) in [5.74, 6) is 0. The summed E-state index contributed by atoms with van der Waals surface area (Å²) in [6.07, 6.45) is 0.349. The van der Waals surface area contributed by atoms with Crippen molar-refractivity contribution in [3.63, 3.8) is 0 Å². The van der Waals surface area contributed by atoms with Gasteiger partial charge >= 0.3 is 0 Å². The highest BCUT2D eigenvalue weighted by Gasteiger charge is 2.29. The van der Waals surface area contributed by atoms with Crippen LogP contribution < -0.4 is 5.32 Å². The van der Waals surface area contributed by atoms with Crippen molar-refractivity contribution < 1.29 is 0 Å². The molecule has 0 aromatic rings. The highest BCUT2D eigenvalue weighted by atomic mass is 15.7. The fourth-order valence-electron chi connectivity index (χ4n) is 2.39. The maximum Gasteiger partial charge on any atom is 0.0705 e. The molecule has 0 amide bonds. The van der Waals surface area contributed by atoms with E-state index in [1.165, 1.54) is 0 Å². The van der Waals surface area contributed by atoms with E-state index in [0.717, 1.165) is 0 Å². The number of nitrogens with zero attached hydrogens (tertiary/aromatic N) is 2. The molecule has 3 nitrogen and oxygen atoms in total. The first kappa shape index (κ1) is 15.9. The van der Waals surface area contributed by atoms with Crippen LogP contribution in [-0.2, 0) is 0 Å². The second-order valence-corrected chi connectivity index (χ2v) is 6.18. The van der Waals surface area contributed by atoms with E-state index in [1.54, 1.807) is 0 Å². The van der Waals surface area contributed by atoms with Crippen LogP contribution in [-0.4, -0.2) is 40.9 Å². The Morgan fingerprint density at radius 1 is 0.938 bits per heavy atom. The summed E-state index contributed by atoms with van der Waals surface area (Å²) in [5.41, 5.74) is 0.149. The third-order valence-corrected chi connectivity index (χ3v) is 2.65. The Balaban J connectivity index is 4.68. The molecule has 16 heavy (non-hydrogen) atoms. The van der Waals surface area contributed by atoms with E-state index in [9.17, 15) is 0 Å². The van der Waals surface area contributed by atoms with Gasteiger partial charge in [0.15, 0.2) is 0 Å². The van der Waals surface area contributed by atoms with Crippen LogP contribution in [0.5, 0.6) is 0 Å². The molecule has 0 aliphatic carbocycles. The third kappa shape index (κ3) is 4.81. The van der Waals surface area contributed by atoms with E-state index in [-0.39, 0.29) is 5.54 Å². The molecular weight excluding hydrogens is 198 g/mol. The Hall–Kier alpha value is -0.120. The Morgan fingerprint density at radius 3 is 1.62 bits per heavy atom. The predicted octanol–water partition coefficient (Wildman–Crippen LogP) is 2.69. The molecule has 0 radical (unpaired) electrons. The van der Waals surface area contributed by atoms with Crippen molar-refractivity contribution in [2.24, 2.45) is 0 Å². The van der Waals surface area contributed by atoms with Crippen LogP contribution in [0.2, 0.25) is 0 Å². The van der Waals surface area contributed by atoms with Crippen molar-refractivity contribution >= 4 is 0 Å². The molecule has 0 aliphatic rings. The highest BCUT2D eigenvalue weighted by molar-refractivity contribution is 4.78. The van der Waals surface area contributed by atoms with Crippen LogP contribution in [0.15, 0.2) is 0 Å². The number of hydrazine groups is 1. The van der Waals surface area contributed by atoms with Gasteiger partial charge in [-0.05, 0) is 55.4 Å². The maximum atomic E-state index is 3.53. The molecule has 0 saturated heterocycles. The van der Waals surface area contributed by atoms with Crippen LogP contribution in [0, 0.1) is 0 Å². The van der Waals surface area contributed by atoms with Gasteiger partial charge in [0.2, 0.25) is 0 Å². The average molecular weight is 229 g/mol. The third-order valence-electron chi connectivity index (χ3n) is 2.65. The first-order valence-corrected chi connectivity index (χ1v) is 6.35. The van der Waals surface area contributed by atoms with E-state index in [0.29, 0.717) is 18.2 Å². The zero-order chi connectivity index (χ0) is 13.1. The molecule has 0 aliphatic heterocycles. The second-order valence-electron chi connectivity index (χ2n) is 6.18. The first-order chi connectivity index (χ1) is 7.07. The first-order valence-electron chi connectivity index (χ1n) is 6.35. The lowest BCUT2D eigenvalue weighted by atomic mass is 10.1. The molecule has 1 N–H and O–H groups in total. The zero-order valence-electron chi connectivity index (χ0n) is 12.6. The van der Waals surface area contributed by atoms with Gasteiger partial charge in [0.25, 0.3) is 0 Å². The van der Waals surface area contributed by atoms with Crippen LogP contribution >= 0.6 is 0 Å². The monoisotopic (exact) mass is 229 g/mol. The Bertz CT molecular complexity index is 194. The van der Waals surface area contributed by atoms with Crippen molar-refractivity contribution in [2.75, 3.05) is 7.05 Å². The molecule has 0 rings (SSSR count). The van der Waals surface area contributed by atoms with Crippen LogP contribution in [0.3, 0.4) is 0 Å². The Kier molecular flexibility index (Phi) is 5.94. The number of nitrogens with one attached hydrogen (secondary N) is 1. The quantitative estimate of drug-likeness (QED) is 0.577. The number of hydrogen-bond acceptors (Lipinski definition) is 3. The SMILES string of the molecule is CC(C)NC(C)N(C)N(C(C)C)C(C)(C)C. The minimum atomic E-state index is 0.149. The normalized spacial score (nSPS) is 15.6. The second kappa shape index (κ2) is 5.99. The lowest BCUT2D eigenvalue weighted by molar-refractivity contribution is -0.126. The van der Waals surface area contributed by atoms with Gasteiger partial charge in [-0.1, -0.05) is 0 Å². The van der Waals surface area contributed by atoms with Gasteiger partial charge in [0.05, 0.1) is 6.17 Å². The molecule has 1 unspecified atom stereocenters. The van der Waals surface area contributed by atoms with E-state index >= 15 is 0 Å². The standard InChI is InChI=1S/C13H31N3/c1-10(2)14-12(5)15(9)16(11(3)4)13(6,7)8/h10-12,14H,1-9H3. The lowest BCUT2D eigenvalue weighted by Crippen LogP contribution is -2.60. The summed E-state index contributed by atoms with van der Waals surface area (Å²) in [4.78, 5) is 0. The van der Waals surface area contributed by atoms with Crippen molar-refractivity contribution in [1.82, 2.24) is 15.3 Å². The smallest absolute Gasteiger partial charge is 0.0705 e. The molecule has 0 fully saturated rings. The van der Waals surface area contributed by atoms with Crippen LogP contribution in [0.1, 0.15) is 55.4 Å². The highest BCUT2D eigenvalue weighted by Crippen LogP contribution is 2.20. The molecule has 0 bridgehead atoms. The van der Waals surface area contributed by atoms with Gasteiger partial charge < -0.3 is 0 Å². The summed E-state index contributed by atoms with van der Waals surface area (Å²) in [5, 5.41) is 8.27. The minimum absolute atomic E-state index is 0.149. The fourth-order valence-corrected chi connectivity index (χ4v) is 2.39. The molecule has 1 atom stereocenters. The van der Waals surface area contributed by atoms with Crippen LogP contribution in [0.25, 0.3) is 0 Å². The summed E-state index contributed by atoms with van der Waals surface area (Å²) >= 11 is 0. The maximum absolute atomic E-state index is 3.53. The van der Waals surface area contributed by atoms with E-state index < -0.39 is 0 Å². The summed E-state index contributed by atoms with van der Waals surface area (Å²) < 4.78 is 0. The summed E-state index contributed by atoms with van der Waals surface area (Å²) in [6.45, 7) is 17.8. The topological polar surface area (TPSA) is 18.5 Å².